The topological polar surface area (TPSA) is 111 Å². The van der Waals surface area contributed by atoms with Crippen LogP contribution in [0.25, 0.3) is 0 Å². The first-order valence-corrected chi connectivity index (χ1v) is 51.6. The van der Waals surface area contributed by atoms with Gasteiger partial charge in [-0.05, 0) is 118 Å². The molecule has 0 spiro atoms. The Bertz CT molecular complexity index is 4540. The Kier molecular flexibility index (Phi) is 32.1. The molecule has 120 heavy (non-hydrogen) atoms. The Labute approximate surface area is 724 Å². The lowest BCUT2D eigenvalue weighted by Gasteiger charge is -2.49. The van der Waals surface area contributed by atoms with Crippen molar-refractivity contribution < 1.29 is 46.6 Å². The van der Waals surface area contributed by atoms with Crippen molar-refractivity contribution in [2.24, 2.45) is 11.8 Å². The Morgan fingerprint density at radius 3 is 1.02 bits per heavy atom. The lowest BCUT2D eigenvalue weighted by molar-refractivity contribution is -0.300. The van der Waals surface area contributed by atoms with E-state index in [0.29, 0.717) is 51.9 Å². The van der Waals surface area contributed by atoms with E-state index < -0.39 is 95.8 Å². The van der Waals surface area contributed by atoms with Gasteiger partial charge in [0.05, 0.1) is 62.0 Å². The number of rotatable bonds is 40. The molecule has 1 saturated heterocycles. The third-order valence-corrected chi connectivity index (χ3v) is 44.6. The minimum absolute atomic E-state index is 0.0534. The summed E-state index contributed by atoms with van der Waals surface area (Å²) in [7, 11) is -14.1. The van der Waals surface area contributed by atoms with E-state index in [9.17, 15) is 5.11 Å². The van der Waals surface area contributed by atoms with Crippen molar-refractivity contribution in [2.75, 3.05) is 6.61 Å². The summed E-state index contributed by atoms with van der Waals surface area (Å²) in [6.45, 7) is 40.4. The predicted octanol–water partition coefficient (Wildman–Crippen LogP) is 20.0. The summed E-state index contributed by atoms with van der Waals surface area (Å²) in [6, 6.07) is 108. The first-order valence-electron chi connectivity index (χ1n) is 43.9. The molecule has 636 valence electrons. The highest BCUT2D eigenvalue weighted by Crippen LogP contribution is 2.46. The Hall–Kier alpha value is -7.88. The summed E-state index contributed by atoms with van der Waals surface area (Å²) in [5.41, 5.74) is 2.24. The average molecular weight is 1680 g/mol. The maximum atomic E-state index is 15.3. The summed E-state index contributed by atoms with van der Waals surface area (Å²) >= 11 is 0. The second-order valence-electron chi connectivity index (χ2n) is 38.3. The molecule has 9 atom stereocenters. The first-order chi connectivity index (χ1) is 57.3. The molecule has 0 bridgehead atoms. The molecule has 1 N–H and O–H groups in total. The molecule has 10 nitrogen and oxygen atoms in total. The second kappa shape index (κ2) is 41.5. The molecule has 0 radical (unpaired) electrons. The standard InChI is InChI=1S/C106H136O10Si4/c1-81(2)101(110-80-84-50-30-19-31-51-84)82(3)68-69-88(113-117(102(4,5)6,93-52-32-20-33-53-93)94-54-34-21-35-55-94)76-91(115-119(104(10,11)12,97-60-40-24-41-61-97)98-62-42-25-43-63-98)78-92(116-120(105(13,14)15,99-64-44-26-45-65-99)100-66-46-27-47-67-100)77-90(114-118(103(7,8)9,95-56-36-22-37-57-95)96-58-38-23-39-59-96)74-86(108)72-85(107)73-89-75-87(111-106(16,17)112-89)70-71-109-79-83-48-28-18-29-49-83/h18-69,81-82,86-92,101,108H,70-80H2,1-17H3. The quantitative estimate of drug-likeness (QED) is 0.0226. The number of ketones is 1. The molecule has 0 saturated carbocycles. The maximum Gasteiger partial charge on any atom is 0.261 e. The second-order valence-corrected chi connectivity index (χ2v) is 55.3. The third-order valence-electron chi connectivity index (χ3n) is 24.2. The minimum Gasteiger partial charge on any atom is -0.404 e. The molecule has 1 heterocycles. The molecule has 1 aliphatic rings. The number of carbonyl (C=O) groups excluding carboxylic acids is 1. The summed E-state index contributed by atoms with van der Waals surface area (Å²) in [4.78, 5) is 15.3. The molecular formula is C106H136O10Si4. The number of Topliss-reactive ketones (excluding diaryl/α,β-unsaturated/α-hetero) is 1. The Morgan fingerprint density at radius 1 is 0.400 bits per heavy atom. The van der Waals surface area contributed by atoms with Gasteiger partial charge in [-0.15, -0.1) is 0 Å². The Morgan fingerprint density at radius 2 is 0.692 bits per heavy atom. The number of hydrogen-bond acceptors (Lipinski definition) is 10. The SMILES string of the molecule is CC(C)C(OCc1ccccc1)C(C)C=CC(CC(CC(CC(CC(O)CC(=O)CC1CC(CCOCc2ccccc2)OC(C)(C)O1)O[Si](c1ccccc1)(c1ccccc1)C(C)(C)C)O[Si](c1ccccc1)(c1ccccc1)C(C)(C)C)O[Si](c1ccccc1)(c1ccccc1)C(C)(C)C)O[Si](c1ccccc1)(c1ccccc1)C(C)(C)C. The number of benzene rings is 10. The van der Waals surface area contributed by atoms with E-state index in [1.165, 1.54) is 10.4 Å². The van der Waals surface area contributed by atoms with Crippen molar-refractivity contribution in [2.45, 2.75) is 257 Å². The fraction of sp³-hybridized carbons (Fsp3) is 0.406. The zero-order valence-corrected chi connectivity index (χ0v) is 78.7. The van der Waals surface area contributed by atoms with E-state index in [2.05, 4.69) is 401 Å². The fourth-order valence-corrected chi connectivity index (χ4v) is 37.7. The molecule has 14 heteroatoms. The normalized spacial score (nSPS) is 17.1. The van der Waals surface area contributed by atoms with Crippen molar-refractivity contribution in [1.29, 1.82) is 0 Å². The van der Waals surface area contributed by atoms with Gasteiger partial charge in [0.25, 0.3) is 33.3 Å². The number of aliphatic hydroxyl groups excluding tert-OH is 1. The van der Waals surface area contributed by atoms with E-state index in [1.807, 2.05) is 32.0 Å². The van der Waals surface area contributed by atoms with Crippen LogP contribution in [-0.4, -0.2) is 105 Å². The molecule has 10 aromatic carbocycles. The maximum absolute atomic E-state index is 15.3. The average Bonchev–Trinajstić information content (AvgIpc) is 0.768. The van der Waals surface area contributed by atoms with Gasteiger partial charge in [-0.3, -0.25) is 4.79 Å². The largest absolute Gasteiger partial charge is 0.404 e. The molecule has 9 unspecified atom stereocenters. The van der Waals surface area contributed by atoms with Gasteiger partial charge in [0.1, 0.15) is 5.78 Å². The van der Waals surface area contributed by atoms with Crippen LogP contribution in [0.1, 0.15) is 180 Å². The van der Waals surface area contributed by atoms with E-state index in [-0.39, 0.29) is 49.1 Å². The van der Waals surface area contributed by atoms with Crippen LogP contribution >= 0.6 is 0 Å². The number of hydrogen-bond donors (Lipinski definition) is 1. The highest BCUT2D eigenvalue weighted by atomic mass is 28.4. The van der Waals surface area contributed by atoms with Gasteiger partial charge in [-0.2, -0.15) is 0 Å². The molecule has 0 amide bonds. The van der Waals surface area contributed by atoms with E-state index >= 15 is 4.79 Å². The fourth-order valence-electron chi connectivity index (χ4n) is 18.9. The van der Waals surface area contributed by atoms with E-state index in [0.717, 1.165) is 42.2 Å². The van der Waals surface area contributed by atoms with Crippen molar-refractivity contribution in [1.82, 2.24) is 0 Å². The van der Waals surface area contributed by atoms with Crippen LogP contribution in [0.15, 0.2) is 315 Å². The van der Waals surface area contributed by atoms with Crippen molar-refractivity contribution >= 4 is 80.5 Å². The van der Waals surface area contributed by atoms with Crippen molar-refractivity contribution in [3.8, 4) is 0 Å². The monoisotopic (exact) mass is 1680 g/mol. The molecule has 1 aliphatic heterocycles. The third kappa shape index (κ3) is 22.9. The van der Waals surface area contributed by atoms with Gasteiger partial charge in [0, 0.05) is 38.2 Å². The van der Waals surface area contributed by atoms with Gasteiger partial charge in [-0.25, -0.2) is 0 Å². The van der Waals surface area contributed by atoms with Gasteiger partial charge in [-0.1, -0.05) is 419 Å². The summed E-state index contributed by atoms with van der Waals surface area (Å²) < 4.78 is 61.7. The van der Waals surface area contributed by atoms with Crippen molar-refractivity contribution in [3.05, 3.63) is 327 Å². The van der Waals surface area contributed by atoms with Crippen LogP contribution in [0.5, 0.6) is 0 Å². The van der Waals surface area contributed by atoms with Crippen LogP contribution in [-0.2, 0) is 54.7 Å². The molecule has 10 aromatic rings. The summed E-state index contributed by atoms with van der Waals surface area (Å²) in [5, 5.41) is 20.7. The van der Waals surface area contributed by atoms with Crippen LogP contribution in [0.3, 0.4) is 0 Å². The molecular weight excluding hydrogens is 1550 g/mol. The lowest BCUT2D eigenvalue weighted by atomic mass is 9.93. The Balaban J connectivity index is 1.13. The van der Waals surface area contributed by atoms with E-state index in [4.69, 9.17) is 36.7 Å². The number of carbonyl (C=O) groups is 1. The molecule has 11 rings (SSSR count). The van der Waals surface area contributed by atoms with Crippen LogP contribution in [0, 0.1) is 11.8 Å². The molecule has 1 fully saturated rings. The highest BCUT2D eigenvalue weighted by molar-refractivity contribution is 7.01. The van der Waals surface area contributed by atoms with Crippen LogP contribution < -0.4 is 41.5 Å². The van der Waals surface area contributed by atoms with Gasteiger partial charge >= 0.3 is 0 Å². The van der Waals surface area contributed by atoms with Crippen molar-refractivity contribution in [3.63, 3.8) is 0 Å². The number of aliphatic hydroxyl groups is 1. The summed E-state index contributed by atoms with van der Waals surface area (Å²) in [6.07, 6.45) is 2.53. The molecule has 0 aliphatic carbocycles. The van der Waals surface area contributed by atoms with Gasteiger partial charge in [0.15, 0.2) is 5.79 Å². The molecule has 0 aromatic heterocycles. The lowest BCUT2D eigenvalue weighted by Crippen LogP contribution is -2.70. The zero-order chi connectivity index (χ0) is 85.8. The van der Waals surface area contributed by atoms with Crippen LogP contribution in [0.2, 0.25) is 20.2 Å². The van der Waals surface area contributed by atoms with E-state index in [1.54, 1.807) is 0 Å². The summed E-state index contributed by atoms with van der Waals surface area (Å²) in [5.74, 6) is -0.920. The number of ether oxygens (including phenoxy) is 4. The minimum atomic E-state index is -3.59. The van der Waals surface area contributed by atoms with Gasteiger partial charge in [0.2, 0.25) is 0 Å². The zero-order valence-electron chi connectivity index (χ0n) is 74.7. The van der Waals surface area contributed by atoms with Gasteiger partial charge < -0.3 is 41.8 Å². The highest BCUT2D eigenvalue weighted by Gasteiger charge is 2.58. The van der Waals surface area contributed by atoms with Crippen LogP contribution in [0.4, 0.5) is 0 Å². The predicted molar refractivity (Wildman–Crippen MR) is 506 cm³/mol. The smallest absolute Gasteiger partial charge is 0.261 e. The first kappa shape index (κ1) is 92.8.